The molecule has 146 valence electrons. The van der Waals surface area contributed by atoms with Crippen molar-refractivity contribution in [1.29, 1.82) is 0 Å². The van der Waals surface area contributed by atoms with Crippen LogP contribution in [0.25, 0.3) is 27.9 Å². The number of alkyl halides is 1. The second-order valence-electron chi connectivity index (χ2n) is 7.17. The number of aryl methyl sites for hydroxylation is 1. The number of imidazole rings is 1. The van der Waals surface area contributed by atoms with E-state index in [0.29, 0.717) is 24.4 Å². The van der Waals surface area contributed by atoms with Crippen molar-refractivity contribution in [3.63, 3.8) is 0 Å². The minimum Gasteiger partial charge on any atom is -0.351 e. The van der Waals surface area contributed by atoms with E-state index in [-0.39, 0.29) is 6.54 Å². The highest BCUT2D eigenvalue weighted by Crippen LogP contribution is 2.27. The van der Waals surface area contributed by atoms with E-state index in [0.717, 1.165) is 34.4 Å². The smallest absolute Gasteiger partial charge is 0.224 e. The Balaban J connectivity index is 1.60. The molecule has 0 aliphatic carbocycles. The van der Waals surface area contributed by atoms with Crippen LogP contribution in [0.5, 0.6) is 0 Å². The average molecular weight is 381 g/mol. The number of aromatic amines is 1. The summed E-state index contributed by atoms with van der Waals surface area (Å²) >= 11 is 0. The van der Waals surface area contributed by atoms with E-state index in [1.807, 2.05) is 45.3 Å². The van der Waals surface area contributed by atoms with E-state index in [1.165, 1.54) is 0 Å². The minimum atomic E-state index is -1.24. The molecule has 4 rings (SSSR count). The van der Waals surface area contributed by atoms with Crippen molar-refractivity contribution < 1.29 is 4.39 Å². The Labute approximate surface area is 162 Å². The maximum Gasteiger partial charge on any atom is 0.224 e. The van der Waals surface area contributed by atoms with Gasteiger partial charge in [-0.25, -0.2) is 18.9 Å². The van der Waals surface area contributed by atoms with Gasteiger partial charge in [0.1, 0.15) is 11.3 Å². The number of hydrogen-bond acceptors (Lipinski definition) is 5. The highest BCUT2D eigenvalue weighted by atomic mass is 19.1. The molecule has 7 nitrogen and oxygen atoms in total. The lowest BCUT2D eigenvalue weighted by Gasteiger charge is -2.23. The zero-order chi connectivity index (χ0) is 19.7. The molecule has 4 heterocycles. The number of nitrogens with one attached hydrogen (secondary N) is 2. The van der Waals surface area contributed by atoms with Gasteiger partial charge in [-0.1, -0.05) is 20.3 Å². The molecular formula is C20H24FN7. The first-order valence-corrected chi connectivity index (χ1v) is 9.61. The third-order valence-corrected chi connectivity index (χ3v) is 5.04. The molecule has 4 aromatic rings. The molecule has 0 fully saturated rings. The van der Waals surface area contributed by atoms with E-state index in [9.17, 15) is 4.39 Å². The molecule has 0 aliphatic rings. The van der Waals surface area contributed by atoms with Crippen LogP contribution in [0.15, 0.2) is 30.7 Å². The second-order valence-corrected chi connectivity index (χ2v) is 7.17. The molecule has 2 N–H and O–H groups in total. The normalized spacial score (nSPS) is 13.9. The summed E-state index contributed by atoms with van der Waals surface area (Å²) in [5.41, 5.74) is 2.89. The van der Waals surface area contributed by atoms with E-state index >= 15 is 0 Å². The number of anilines is 1. The molecule has 1 unspecified atom stereocenters. The minimum absolute atomic E-state index is 0.203. The molecule has 0 radical (unpaired) electrons. The molecule has 0 spiro atoms. The fraction of sp³-hybridized carbons (Fsp3) is 0.400. The van der Waals surface area contributed by atoms with Crippen molar-refractivity contribution in [3.8, 4) is 11.3 Å². The van der Waals surface area contributed by atoms with Crippen LogP contribution in [-0.2, 0) is 0 Å². The Kier molecular flexibility index (Phi) is 4.70. The van der Waals surface area contributed by atoms with Gasteiger partial charge in [0.2, 0.25) is 5.95 Å². The zero-order valence-corrected chi connectivity index (χ0v) is 16.3. The van der Waals surface area contributed by atoms with Crippen LogP contribution in [0.3, 0.4) is 0 Å². The van der Waals surface area contributed by atoms with Crippen molar-refractivity contribution in [2.75, 3.05) is 11.9 Å². The number of fused-ring (bicyclic) bond motifs is 2. The summed E-state index contributed by atoms with van der Waals surface area (Å²) in [5, 5.41) is 8.53. The summed E-state index contributed by atoms with van der Waals surface area (Å²) in [6.07, 6.45) is 7.29. The monoisotopic (exact) mass is 381 g/mol. The molecule has 8 heteroatoms. The van der Waals surface area contributed by atoms with Crippen LogP contribution in [0.1, 0.15) is 38.8 Å². The van der Waals surface area contributed by atoms with Gasteiger partial charge in [-0.05, 0) is 31.9 Å². The lowest BCUT2D eigenvalue weighted by molar-refractivity contribution is 0.158. The predicted octanol–water partition coefficient (Wildman–Crippen LogP) is 4.31. The van der Waals surface area contributed by atoms with E-state index in [2.05, 4.69) is 30.4 Å². The molecule has 0 aromatic carbocycles. The maximum atomic E-state index is 14.7. The van der Waals surface area contributed by atoms with E-state index in [4.69, 9.17) is 0 Å². The highest BCUT2D eigenvalue weighted by Gasteiger charge is 2.26. The molecule has 0 aliphatic heterocycles. The fourth-order valence-corrected chi connectivity index (χ4v) is 3.42. The zero-order valence-electron chi connectivity index (χ0n) is 16.3. The molecule has 0 saturated carbocycles. The molecule has 0 amide bonds. The fourth-order valence-electron chi connectivity index (χ4n) is 3.42. The standard InChI is InChI=1S/C20H24FN7/c1-4-8-20(21,5-2)12-24-19-23-10-15-14(9-22-18(15)26-19)16-6-7-17-25-13(3)11-28(17)27-16/h6-7,9-11H,4-5,8,12H2,1-3H3,(H2,22,23,24,26). The number of nitrogens with zero attached hydrogens (tertiary/aromatic N) is 5. The first-order valence-electron chi connectivity index (χ1n) is 9.61. The van der Waals surface area contributed by atoms with Gasteiger partial charge >= 0.3 is 0 Å². The van der Waals surface area contributed by atoms with Crippen LogP contribution in [-0.4, -0.2) is 41.8 Å². The van der Waals surface area contributed by atoms with Crippen LogP contribution >= 0.6 is 0 Å². The highest BCUT2D eigenvalue weighted by molar-refractivity contribution is 5.92. The number of H-pyrrole nitrogens is 1. The summed E-state index contributed by atoms with van der Waals surface area (Å²) in [7, 11) is 0. The van der Waals surface area contributed by atoms with Crippen molar-refractivity contribution in [3.05, 3.63) is 36.4 Å². The van der Waals surface area contributed by atoms with Gasteiger partial charge in [0.15, 0.2) is 5.65 Å². The van der Waals surface area contributed by atoms with Crippen LogP contribution < -0.4 is 5.32 Å². The molecule has 28 heavy (non-hydrogen) atoms. The van der Waals surface area contributed by atoms with Gasteiger partial charge in [-0.2, -0.15) is 10.1 Å². The molecule has 0 bridgehead atoms. The van der Waals surface area contributed by atoms with Crippen molar-refractivity contribution in [2.45, 2.75) is 45.7 Å². The van der Waals surface area contributed by atoms with Gasteiger partial charge in [-0.3, -0.25) is 0 Å². The van der Waals surface area contributed by atoms with Crippen molar-refractivity contribution in [1.82, 2.24) is 29.5 Å². The lowest BCUT2D eigenvalue weighted by atomic mass is 9.97. The maximum absolute atomic E-state index is 14.7. The quantitative estimate of drug-likeness (QED) is 0.498. The Bertz CT molecular complexity index is 1120. The van der Waals surface area contributed by atoms with Crippen molar-refractivity contribution >= 4 is 22.6 Å². The van der Waals surface area contributed by atoms with Gasteiger partial charge < -0.3 is 10.3 Å². The Morgan fingerprint density at radius 2 is 2.11 bits per heavy atom. The van der Waals surface area contributed by atoms with Gasteiger partial charge in [-0.15, -0.1) is 0 Å². The summed E-state index contributed by atoms with van der Waals surface area (Å²) in [6.45, 7) is 6.00. The summed E-state index contributed by atoms with van der Waals surface area (Å²) < 4.78 is 16.5. The molecule has 1 atom stereocenters. The van der Waals surface area contributed by atoms with E-state index in [1.54, 1.807) is 10.7 Å². The van der Waals surface area contributed by atoms with Crippen LogP contribution in [0.2, 0.25) is 0 Å². The summed E-state index contributed by atoms with van der Waals surface area (Å²) in [6, 6.07) is 3.87. The molecule has 4 aromatic heterocycles. The van der Waals surface area contributed by atoms with Crippen LogP contribution in [0.4, 0.5) is 10.3 Å². The topological polar surface area (TPSA) is 83.8 Å². The Morgan fingerprint density at radius 3 is 2.89 bits per heavy atom. The predicted molar refractivity (Wildman–Crippen MR) is 108 cm³/mol. The number of hydrogen-bond donors (Lipinski definition) is 2. The third kappa shape index (κ3) is 3.42. The molecular weight excluding hydrogens is 357 g/mol. The van der Waals surface area contributed by atoms with Gasteiger partial charge in [0, 0.05) is 23.3 Å². The largest absolute Gasteiger partial charge is 0.351 e. The van der Waals surface area contributed by atoms with Crippen molar-refractivity contribution in [2.24, 2.45) is 0 Å². The Hall–Kier alpha value is -3.03. The lowest BCUT2D eigenvalue weighted by Crippen LogP contribution is -2.31. The number of aromatic nitrogens is 6. The van der Waals surface area contributed by atoms with Gasteiger partial charge in [0.05, 0.1) is 24.1 Å². The summed E-state index contributed by atoms with van der Waals surface area (Å²) in [4.78, 5) is 16.4. The SMILES string of the molecule is CCCC(F)(CC)CNc1ncc2c(-c3ccc4nc(C)cn4n3)c[nH]c2n1. The third-order valence-electron chi connectivity index (χ3n) is 5.04. The molecule has 0 saturated heterocycles. The number of halogens is 1. The first-order chi connectivity index (χ1) is 13.5. The Morgan fingerprint density at radius 1 is 1.25 bits per heavy atom. The van der Waals surface area contributed by atoms with Crippen LogP contribution in [0, 0.1) is 6.92 Å². The van der Waals surface area contributed by atoms with Gasteiger partial charge in [0.25, 0.3) is 0 Å². The average Bonchev–Trinajstić information content (AvgIpc) is 3.28. The first kappa shape index (κ1) is 18.3. The van der Waals surface area contributed by atoms with E-state index < -0.39 is 5.67 Å². The second kappa shape index (κ2) is 7.18. The number of rotatable bonds is 7. The summed E-state index contributed by atoms with van der Waals surface area (Å²) in [5.74, 6) is 0.418.